The third-order valence-corrected chi connectivity index (χ3v) is 13.8. The Bertz CT molecular complexity index is 4570. The Hall–Kier alpha value is -9.33. The minimum atomic E-state index is 0.516. The first-order valence-corrected chi connectivity index (χ1v) is 22.9. The maximum atomic E-state index is 7.02. The highest BCUT2D eigenvalue weighted by molar-refractivity contribution is 6.18. The van der Waals surface area contributed by atoms with Gasteiger partial charge in [-0.15, -0.1) is 0 Å². The summed E-state index contributed by atoms with van der Waals surface area (Å²) in [6, 6.07) is 74.2. The van der Waals surface area contributed by atoms with Gasteiger partial charge < -0.3 is 18.0 Å². The van der Waals surface area contributed by atoms with Crippen LogP contribution in [0.15, 0.2) is 221 Å². The van der Waals surface area contributed by atoms with Crippen molar-refractivity contribution in [1.29, 1.82) is 0 Å². The van der Waals surface area contributed by atoms with E-state index >= 15 is 0 Å². The average Bonchev–Trinajstić information content (AvgIpc) is 4.15. The van der Waals surface area contributed by atoms with Gasteiger partial charge in [-0.25, -0.2) is 15.0 Å². The lowest BCUT2D eigenvalue weighted by atomic mass is 10.0. The maximum absolute atomic E-state index is 7.02. The molecule has 0 atom stereocenters. The van der Waals surface area contributed by atoms with Crippen LogP contribution in [-0.4, -0.2) is 24.1 Å². The molecular weight excluding hydrogens is 835 g/mol. The number of rotatable bonds is 5. The highest BCUT2D eigenvalue weighted by Gasteiger charge is 2.26. The Morgan fingerprint density at radius 1 is 0.309 bits per heavy atom. The SMILES string of the molecule is c1ccc(-n2c3ccccc3c3c(-c4nc(-c5ccc6c(oc7ccccc76)c5-n5c6ccccc6c6cc7ccccc7cc65)nc(-c5cccc6oc7ccccc7c56)n4)cccc32)cc1. The van der Waals surface area contributed by atoms with Gasteiger partial charge in [-0.3, -0.25) is 0 Å². The lowest BCUT2D eigenvalue weighted by Gasteiger charge is -2.16. The standard InChI is InChI=1S/C61H35N5O2/c1-2-18-38(19-3-1)65-49-27-11-7-22-42(49)55-44(24-14-28-50(55)65)59-62-60(45-25-15-31-54-56(45)43-23-9-13-30-53(43)67-54)64-61(63-59)46-33-32-41-40-21-8-12-29-52(40)68-58(41)57(46)66-48-26-10-6-20-39(48)47-34-36-16-4-5-17-37(36)35-51(47)66/h1-35H. The molecule has 0 bridgehead atoms. The summed E-state index contributed by atoms with van der Waals surface area (Å²) in [4.78, 5) is 16.6. The summed E-state index contributed by atoms with van der Waals surface area (Å²) in [5.74, 6) is 1.61. The van der Waals surface area contributed by atoms with E-state index < -0.39 is 0 Å². The van der Waals surface area contributed by atoms with Gasteiger partial charge in [0.25, 0.3) is 0 Å². The minimum Gasteiger partial charge on any atom is -0.456 e. The van der Waals surface area contributed by atoms with Crippen LogP contribution in [0.4, 0.5) is 0 Å². The van der Waals surface area contributed by atoms with Crippen molar-refractivity contribution in [3.63, 3.8) is 0 Å². The number of hydrogen-bond donors (Lipinski definition) is 0. The molecule has 0 saturated carbocycles. The van der Waals surface area contributed by atoms with E-state index in [0.717, 1.165) is 121 Å². The molecule has 0 radical (unpaired) electrons. The lowest BCUT2D eigenvalue weighted by molar-refractivity contribution is 0.666. The van der Waals surface area contributed by atoms with E-state index in [2.05, 4.69) is 179 Å². The fourth-order valence-electron chi connectivity index (χ4n) is 10.8. The molecule has 7 nitrogen and oxygen atoms in total. The summed E-state index contributed by atoms with van der Waals surface area (Å²) in [6.07, 6.45) is 0. The van der Waals surface area contributed by atoms with Crippen LogP contribution >= 0.6 is 0 Å². The second kappa shape index (κ2) is 14.1. The summed E-state index contributed by atoms with van der Waals surface area (Å²) in [5, 5.41) is 10.8. The molecule has 0 aliphatic rings. The first-order chi connectivity index (χ1) is 33.7. The van der Waals surface area contributed by atoms with E-state index in [1.807, 2.05) is 42.5 Å². The number of benzene rings is 10. The van der Waals surface area contributed by atoms with Gasteiger partial charge in [-0.1, -0.05) is 140 Å². The quantitative estimate of drug-likeness (QED) is 0.172. The van der Waals surface area contributed by atoms with Gasteiger partial charge in [0.15, 0.2) is 23.1 Å². The maximum Gasteiger partial charge on any atom is 0.166 e. The van der Waals surface area contributed by atoms with Crippen LogP contribution in [-0.2, 0) is 0 Å². The van der Waals surface area contributed by atoms with E-state index in [0.29, 0.717) is 17.5 Å². The van der Waals surface area contributed by atoms with Gasteiger partial charge in [0.1, 0.15) is 22.4 Å². The van der Waals surface area contributed by atoms with E-state index in [4.69, 9.17) is 23.8 Å². The van der Waals surface area contributed by atoms with Crippen LogP contribution in [0, 0.1) is 0 Å². The van der Waals surface area contributed by atoms with Crippen LogP contribution < -0.4 is 0 Å². The molecular formula is C61H35N5O2. The molecule has 0 aliphatic carbocycles. The normalized spacial score (nSPS) is 12.1. The molecule has 5 heterocycles. The van der Waals surface area contributed by atoms with Crippen molar-refractivity contribution in [2.45, 2.75) is 0 Å². The van der Waals surface area contributed by atoms with E-state index in [9.17, 15) is 0 Å². The lowest BCUT2D eigenvalue weighted by Crippen LogP contribution is -2.04. The van der Waals surface area contributed by atoms with Crippen molar-refractivity contribution in [1.82, 2.24) is 24.1 Å². The summed E-state index contributed by atoms with van der Waals surface area (Å²) in [7, 11) is 0. The molecule has 316 valence electrons. The van der Waals surface area contributed by atoms with Crippen LogP contribution in [0.1, 0.15) is 0 Å². The second-order valence-electron chi connectivity index (χ2n) is 17.5. The number of hydrogen-bond acceptors (Lipinski definition) is 5. The number of aromatic nitrogens is 5. The summed E-state index contributed by atoms with van der Waals surface area (Å²) in [5.41, 5.74) is 11.9. The van der Waals surface area contributed by atoms with Crippen molar-refractivity contribution in [2.24, 2.45) is 0 Å². The zero-order valence-electron chi connectivity index (χ0n) is 36.3. The van der Waals surface area contributed by atoms with Crippen molar-refractivity contribution < 1.29 is 8.83 Å². The molecule has 10 aromatic carbocycles. The average molecular weight is 870 g/mol. The molecule has 68 heavy (non-hydrogen) atoms. The second-order valence-corrected chi connectivity index (χ2v) is 17.5. The Morgan fingerprint density at radius 3 is 1.65 bits per heavy atom. The summed E-state index contributed by atoms with van der Waals surface area (Å²) >= 11 is 0. The fraction of sp³-hybridized carbons (Fsp3) is 0. The molecule has 15 aromatic rings. The molecule has 0 fully saturated rings. The molecule has 0 spiro atoms. The predicted octanol–water partition coefficient (Wildman–Crippen LogP) is 16.0. The van der Waals surface area contributed by atoms with Gasteiger partial charge in [0.2, 0.25) is 0 Å². The van der Waals surface area contributed by atoms with Crippen LogP contribution in [0.5, 0.6) is 0 Å². The van der Waals surface area contributed by atoms with E-state index in [-0.39, 0.29) is 0 Å². The first kappa shape index (κ1) is 36.9. The van der Waals surface area contributed by atoms with Gasteiger partial charge in [0, 0.05) is 65.5 Å². The molecule has 15 rings (SSSR count). The molecule has 7 heteroatoms. The monoisotopic (exact) mass is 869 g/mol. The third kappa shape index (κ3) is 5.26. The Kier molecular flexibility index (Phi) is 7.65. The minimum absolute atomic E-state index is 0.516. The highest BCUT2D eigenvalue weighted by atomic mass is 16.3. The third-order valence-electron chi connectivity index (χ3n) is 13.8. The number of nitrogens with zero attached hydrogens (tertiary/aromatic N) is 5. The van der Waals surface area contributed by atoms with Crippen LogP contribution in [0.25, 0.3) is 144 Å². The van der Waals surface area contributed by atoms with Crippen LogP contribution in [0.3, 0.4) is 0 Å². The Morgan fingerprint density at radius 2 is 0.868 bits per heavy atom. The van der Waals surface area contributed by atoms with E-state index in [1.54, 1.807) is 0 Å². The molecule has 0 amide bonds. The smallest absolute Gasteiger partial charge is 0.166 e. The Labute approximate surface area is 387 Å². The highest BCUT2D eigenvalue weighted by Crippen LogP contribution is 2.45. The Balaban J connectivity index is 1.09. The zero-order chi connectivity index (χ0) is 44.5. The zero-order valence-corrected chi connectivity index (χ0v) is 36.3. The molecule has 0 saturated heterocycles. The van der Waals surface area contributed by atoms with Gasteiger partial charge >= 0.3 is 0 Å². The number of furan rings is 2. The van der Waals surface area contributed by atoms with Crippen molar-refractivity contribution in [3.8, 4) is 45.5 Å². The first-order valence-electron chi connectivity index (χ1n) is 22.9. The van der Waals surface area contributed by atoms with E-state index in [1.165, 1.54) is 5.39 Å². The van der Waals surface area contributed by atoms with Gasteiger partial charge in [-0.05, 0) is 83.6 Å². The fourth-order valence-corrected chi connectivity index (χ4v) is 10.8. The van der Waals surface area contributed by atoms with Crippen LogP contribution in [0.2, 0.25) is 0 Å². The molecule has 5 aromatic heterocycles. The molecule has 0 unspecified atom stereocenters. The number of para-hydroxylation sites is 5. The molecule has 0 N–H and O–H groups in total. The predicted molar refractivity (Wildman–Crippen MR) is 277 cm³/mol. The van der Waals surface area contributed by atoms with Crippen molar-refractivity contribution in [2.75, 3.05) is 0 Å². The largest absolute Gasteiger partial charge is 0.456 e. The summed E-state index contributed by atoms with van der Waals surface area (Å²) < 4.78 is 18.2. The summed E-state index contributed by atoms with van der Waals surface area (Å²) in [6.45, 7) is 0. The number of fused-ring (bicyclic) bond motifs is 13. The van der Waals surface area contributed by atoms with Gasteiger partial charge in [-0.2, -0.15) is 0 Å². The molecule has 0 aliphatic heterocycles. The van der Waals surface area contributed by atoms with Crippen molar-refractivity contribution in [3.05, 3.63) is 212 Å². The van der Waals surface area contributed by atoms with Gasteiger partial charge in [0.05, 0.1) is 22.1 Å². The van der Waals surface area contributed by atoms with Crippen molar-refractivity contribution >= 4 is 98.3 Å². The topological polar surface area (TPSA) is 74.8 Å².